The molecule has 21 heavy (non-hydrogen) atoms. The van der Waals surface area contributed by atoms with E-state index in [2.05, 4.69) is 15.5 Å². The summed E-state index contributed by atoms with van der Waals surface area (Å²) in [5.41, 5.74) is -0.348. The molecule has 0 spiro atoms. The van der Waals surface area contributed by atoms with Crippen molar-refractivity contribution in [2.45, 2.75) is 57.6 Å². The number of nitrogens with zero attached hydrogens (tertiary/aromatic N) is 2. The third kappa shape index (κ3) is 4.49. The maximum absolute atomic E-state index is 6.07. The molecule has 1 saturated carbocycles. The second-order valence-corrected chi connectivity index (χ2v) is 5.52. The van der Waals surface area contributed by atoms with Gasteiger partial charge in [-0.05, 0) is 19.8 Å². The highest BCUT2D eigenvalue weighted by molar-refractivity contribution is 5.02. The number of hydrogen-bond acceptors (Lipinski definition) is 6. The zero-order chi connectivity index (χ0) is 15.0. The summed E-state index contributed by atoms with van der Waals surface area (Å²) in [6.45, 7) is 4.71. The minimum absolute atomic E-state index is 0.348. The summed E-state index contributed by atoms with van der Waals surface area (Å²) >= 11 is 0. The summed E-state index contributed by atoms with van der Waals surface area (Å²) in [7, 11) is 1.68. The van der Waals surface area contributed by atoms with Crippen LogP contribution < -0.4 is 5.32 Å². The summed E-state index contributed by atoms with van der Waals surface area (Å²) in [5.74, 6) is 1.33. The number of aromatic nitrogens is 2. The highest BCUT2D eigenvalue weighted by Gasteiger charge is 2.38. The lowest BCUT2D eigenvalue weighted by molar-refractivity contribution is -0.0636. The second-order valence-electron chi connectivity index (χ2n) is 5.52. The predicted octanol–water partition coefficient (Wildman–Crippen LogP) is 2.39. The van der Waals surface area contributed by atoms with Crippen molar-refractivity contribution < 1.29 is 14.0 Å². The Bertz CT molecular complexity index is 401. The van der Waals surface area contributed by atoms with E-state index in [-0.39, 0.29) is 5.60 Å². The average molecular weight is 297 g/mol. The van der Waals surface area contributed by atoms with Gasteiger partial charge >= 0.3 is 0 Å². The van der Waals surface area contributed by atoms with Crippen LogP contribution in [0.5, 0.6) is 0 Å². The molecular formula is C15H27N3O3. The van der Waals surface area contributed by atoms with Crippen LogP contribution in [-0.4, -0.2) is 37.0 Å². The van der Waals surface area contributed by atoms with Gasteiger partial charge in [0.25, 0.3) is 0 Å². The molecule has 1 fully saturated rings. The van der Waals surface area contributed by atoms with Gasteiger partial charge in [-0.1, -0.05) is 30.8 Å². The van der Waals surface area contributed by atoms with E-state index in [0.717, 1.165) is 38.1 Å². The van der Waals surface area contributed by atoms with Gasteiger partial charge in [0.05, 0.1) is 13.2 Å². The van der Waals surface area contributed by atoms with Crippen LogP contribution in [0.4, 0.5) is 0 Å². The zero-order valence-electron chi connectivity index (χ0n) is 13.2. The molecule has 1 heterocycles. The molecule has 6 nitrogen and oxygen atoms in total. The van der Waals surface area contributed by atoms with Crippen molar-refractivity contribution in [3.8, 4) is 0 Å². The Hall–Kier alpha value is -0.980. The van der Waals surface area contributed by atoms with Gasteiger partial charge in [-0.15, -0.1) is 0 Å². The van der Waals surface area contributed by atoms with Crippen molar-refractivity contribution in [3.05, 3.63) is 11.7 Å². The van der Waals surface area contributed by atoms with Gasteiger partial charge < -0.3 is 19.3 Å². The normalized spacial score (nSPS) is 18.6. The Morgan fingerprint density at radius 2 is 2.00 bits per heavy atom. The van der Waals surface area contributed by atoms with E-state index >= 15 is 0 Å². The van der Waals surface area contributed by atoms with E-state index in [9.17, 15) is 0 Å². The summed E-state index contributed by atoms with van der Waals surface area (Å²) in [6, 6.07) is 0. The Balaban J connectivity index is 2.01. The van der Waals surface area contributed by atoms with Crippen molar-refractivity contribution in [1.82, 2.24) is 15.5 Å². The fourth-order valence-corrected chi connectivity index (χ4v) is 2.89. The largest absolute Gasteiger partial charge is 0.383 e. The summed E-state index contributed by atoms with van der Waals surface area (Å²) in [6.07, 6.45) is 6.82. The SMILES string of the molecule is CCOC1(c2noc(CNCCOC)n2)CCCCCC1. The first-order valence-electron chi connectivity index (χ1n) is 7.97. The van der Waals surface area contributed by atoms with Crippen LogP contribution in [0.2, 0.25) is 0 Å². The van der Waals surface area contributed by atoms with Crippen LogP contribution in [0.3, 0.4) is 0 Å². The molecule has 0 amide bonds. The first-order chi connectivity index (χ1) is 10.3. The lowest BCUT2D eigenvalue weighted by atomic mass is 9.93. The third-order valence-electron chi connectivity index (χ3n) is 3.97. The fourth-order valence-electron chi connectivity index (χ4n) is 2.89. The van der Waals surface area contributed by atoms with Crippen molar-refractivity contribution in [3.63, 3.8) is 0 Å². The molecule has 0 aliphatic heterocycles. The molecule has 0 aromatic carbocycles. The molecule has 1 N–H and O–H groups in total. The van der Waals surface area contributed by atoms with E-state index in [0.29, 0.717) is 25.6 Å². The fraction of sp³-hybridized carbons (Fsp3) is 0.867. The van der Waals surface area contributed by atoms with Gasteiger partial charge in [0.15, 0.2) is 0 Å². The smallest absolute Gasteiger partial charge is 0.240 e. The summed E-state index contributed by atoms with van der Waals surface area (Å²) in [4.78, 5) is 4.56. The Morgan fingerprint density at radius 1 is 1.24 bits per heavy atom. The molecule has 6 heteroatoms. The third-order valence-corrected chi connectivity index (χ3v) is 3.97. The van der Waals surface area contributed by atoms with E-state index in [4.69, 9.17) is 14.0 Å². The van der Waals surface area contributed by atoms with E-state index in [1.165, 1.54) is 12.8 Å². The number of rotatable bonds is 8. The van der Waals surface area contributed by atoms with Crippen molar-refractivity contribution in [2.24, 2.45) is 0 Å². The first kappa shape index (κ1) is 16.4. The number of methoxy groups -OCH3 is 1. The van der Waals surface area contributed by atoms with Gasteiger partial charge in [-0.2, -0.15) is 4.98 Å². The molecule has 120 valence electrons. The van der Waals surface area contributed by atoms with Crippen LogP contribution >= 0.6 is 0 Å². The molecule has 0 bridgehead atoms. The highest BCUT2D eigenvalue weighted by Crippen LogP contribution is 2.37. The Labute approximate surface area is 126 Å². The minimum Gasteiger partial charge on any atom is -0.383 e. The van der Waals surface area contributed by atoms with E-state index in [1.807, 2.05) is 6.92 Å². The Kier molecular flexibility index (Phi) is 6.60. The van der Waals surface area contributed by atoms with Crippen molar-refractivity contribution in [1.29, 1.82) is 0 Å². The summed E-state index contributed by atoms with van der Waals surface area (Å²) in [5, 5.41) is 7.40. The van der Waals surface area contributed by atoms with Crippen LogP contribution in [0.15, 0.2) is 4.52 Å². The molecule has 1 aromatic heterocycles. The van der Waals surface area contributed by atoms with Crippen LogP contribution in [0.1, 0.15) is 57.2 Å². The molecule has 1 aliphatic rings. The van der Waals surface area contributed by atoms with Crippen LogP contribution in [-0.2, 0) is 21.6 Å². The number of nitrogens with one attached hydrogen (secondary N) is 1. The molecule has 2 rings (SSSR count). The second kappa shape index (κ2) is 8.46. The van der Waals surface area contributed by atoms with E-state index < -0.39 is 0 Å². The molecule has 0 radical (unpaired) electrons. The molecule has 0 atom stereocenters. The maximum Gasteiger partial charge on any atom is 0.240 e. The van der Waals surface area contributed by atoms with Gasteiger partial charge in [-0.25, -0.2) is 0 Å². The van der Waals surface area contributed by atoms with Crippen molar-refractivity contribution >= 4 is 0 Å². The van der Waals surface area contributed by atoms with Gasteiger partial charge in [0.2, 0.25) is 11.7 Å². The van der Waals surface area contributed by atoms with Gasteiger partial charge in [0, 0.05) is 20.3 Å². The lowest BCUT2D eigenvalue weighted by Crippen LogP contribution is -2.31. The standard InChI is InChI=1S/C15H27N3O3/c1-3-20-15(8-6-4-5-7-9-15)14-17-13(21-18-14)12-16-10-11-19-2/h16H,3-12H2,1-2H3. The van der Waals surface area contributed by atoms with Crippen molar-refractivity contribution in [2.75, 3.05) is 26.9 Å². The topological polar surface area (TPSA) is 69.4 Å². The number of hydrogen-bond donors (Lipinski definition) is 1. The van der Waals surface area contributed by atoms with Gasteiger partial charge in [0.1, 0.15) is 5.60 Å². The first-order valence-corrected chi connectivity index (χ1v) is 7.97. The van der Waals surface area contributed by atoms with Crippen LogP contribution in [0.25, 0.3) is 0 Å². The quantitative estimate of drug-likeness (QED) is 0.587. The number of ether oxygens (including phenoxy) is 2. The van der Waals surface area contributed by atoms with E-state index in [1.54, 1.807) is 7.11 Å². The molecule has 1 aromatic rings. The van der Waals surface area contributed by atoms with Gasteiger partial charge in [-0.3, -0.25) is 0 Å². The maximum atomic E-state index is 6.07. The predicted molar refractivity (Wildman–Crippen MR) is 78.9 cm³/mol. The van der Waals surface area contributed by atoms with Crippen LogP contribution in [0, 0.1) is 0 Å². The molecule has 1 aliphatic carbocycles. The lowest BCUT2D eigenvalue weighted by Gasteiger charge is -2.29. The molecular weight excluding hydrogens is 270 g/mol. The minimum atomic E-state index is -0.348. The molecule has 0 unspecified atom stereocenters. The highest BCUT2D eigenvalue weighted by atomic mass is 16.5. The zero-order valence-corrected chi connectivity index (χ0v) is 13.2. The average Bonchev–Trinajstić information content (AvgIpc) is 2.84. The monoisotopic (exact) mass is 297 g/mol. The molecule has 0 saturated heterocycles. The Morgan fingerprint density at radius 3 is 2.67 bits per heavy atom. The summed E-state index contributed by atoms with van der Waals surface area (Å²) < 4.78 is 16.4.